The minimum atomic E-state index is -0.574. The third kappa shape index (κ3) is 6.77. The highest BCUT2D eigenvalue weighted by atomic mass is 16.5. The standard InChI is InChI=1S/C29H36N6O6/c1-17-14-35(18(2)16-36)27(37)22-12-9-13-23(31-28(38)32-25-19(3)33-41-20(25)4)26(22)40-24(17)15-34(5)29(39)30-21-10-7-6-8-11-21/h6-13,17-18,24,36H,14-16H2,1-5H3,(H,30,39)(H2,31,32,38)/t17-,18-,24-/m0/s1. The quantitative estimate of drug-likeness (QED) is 0.334. The number of ether oxygens (including phenoxy) is 1. The summed E-state index contributed by atoms with van der Waals surface area (Å²) in [7, 11) is 1.66. The van der Waals surface area contributed by atoms with Gasteiger partial charge < -0.3 is 40.1 Å². The number of rotatable bonds is 7. The lowest BCUT2D eigenvalue weighted by Crippen LogP contribution is -2.50. The fourth-order valence-electron chi connectivity index (χ4n) is 4.58. The van der Waals surface area contributed by atoms with Gasteiger partial charge in [-0.25, -0.2) is 9.59 Å². The lowest BCUT2D eigenvalue weighted by Gasteiger charge is -2.38. The van der Waals surface area contributed by atoms with Gasteiger partial charge in [0, 0.05) is 25.2 Å². The second-order valence-corrected chi connectivity index (χ2v) is 10.3. The van der Waals surface area contributed by atoms with Crippen LogP contribution in [0.15, 0.2) is 53.1 Å². The van der Waals surface area contributed by atoms with Gasteiger partial charge in [-0.1, -0.05) is 36.3 Å². The van der Waals surface area contributed by atoms with Gasteiger partial charge in [-0.05, 0) is 45.0 Å². The number of hydrogen-bond acceptors (Lipinski definition) is 7. The molecule has 0 fully saturated rings. The van der Waals surface area contributed by atoms with Crippen LogP contribution in [0.4, 0.5) is 26.7 Å². The van der Waals surface area contributed by atoms with Crippen LogP contribution in [0.1, 0.15) is 35.7 Å². The SMILES string of the molecule is Cc1noc(C)c1NC(=O)Nc1cccc2c1O[C@@H](CN(C)C(=O)Nc1ccccc1)[C@@H](C)CN([C@@H](C)CO)C2=O. The van der Waals surface area contributed by atoms with Crippen molar-refractivity contribution in [3.63, 3.8) is 0 Å². The Kier molecular flexibility index (Phi) is 9.13. The van der Waals surface area contributed by atoms with Crippen LogP contribution in [0.3, 0.4) is 0 Å². The molecular formula is C29H36N6O6. The van der Waals surface area contributed by atoms with E-state index in [-0.39, 0.29) is 48.0 Å². The molecule has 0 saturated heterocycles. The lowest BCUT2D eigenvalue weighted by molar-refractivity contribution is 0.0373. The summed E-state index contributed by atoms with van der Waals surface area (Å²) in [5.41, 5.74) is 2.12. The molecule has 0 unspecified atom stereocenters. The zero-order valence-corrected chi connectivity index (χ0v) is 23.8. The van der Waals surface area contributed by atoms with E-state index in [1.165, 1.54) is 4.90 Å². The van der Waals surface area contributed by atoms with E-state index in [1.807, 2.05) is 25.1 Å². The monoisotopic (exact) mass is 564 g/mol. The maximum absolute atomic E-state index is 13.7. The number of nitrogens with zero attached hydrogens (tertiary/aromatic N) is 3. The average Bonchev–Trinajstić information content (AvgIpc) is 3.27. The van der Waals surface area contributed by atoms with Crippen molar-refractivity contribution in [1.82, 2.24) is 15.0 Å². The molecule has 0 spiro atoms. The Labute approximate surface area is 238 Å². The molecule has 5 amide bonds. The summed E-state index contributed by atoms with van der Waals surface area (Å²) < 4.78 is 11.6. The largest absolute Gasteiger partial charge is 0.485 e. The first kappa shape index (κ1) is 29.4. The third-order valence-electron chi connectivity index (χ3n) is 7.04. The molecule has 2 heterocycles. The Morgan fingerprint density at radius 1 is 1.12 bits per heavy atom. The van der Waals surface area contributed by atoms with Crippen LogP contribution >= 0.6 is 0 Å². The predicted octanol–water partition coefficient (Wildman–Crippen LogP) is 4.32. The molecule has 0 radical (unpaired) electrons. The van der Waals surface area contributed by atoms with Crippen molar-refractivity contribution in [3.05, 3.63) is 65.5 Å². The molecular weight excluding hydrogens is 528 g/mol. The smallest absolute Gasteiger partial charge is 0.323 e. The first-order valence-corrected chi connectivity index (χ1v) is 13.4. The number of anilines is 3. The highest BCUT2D eigenvalue weighted by Gasteiger charge is 2.35. The van der Waals surface area contributed by atoms with E-state index in [2.05, 4.69) is 21.1 Å². The van der Waals surface area contributed by atoms with Crippen LogP contribution < -0.4 is 20.7 Å². The van der Waals surface area contributed by atoms with Crippen molar-refractivity contribution in [2.75, 3.05) is 42.7 Å². The fourth-order valence-corrected chi connectivity index (χ4v) is 4.58. The summed E-state index contributed by atoms with van der Waals surface area (Å²) in [5.74, 6) is 0.0517. The van der Waals surface area contributed by atoms with Crippen LogP contribution in [0.25, 0.3) is 0 Å². The van der Waals surface area contributed by atoms with Crippen LogP contribution in [0.2, 0.25) is 0 Å². The first-order chi connectivity index (χ1) is 19.6. The molecule has 4 N–H and O–H groups in total. The van der Waals surface area contributed by atoms with Gasteiger partial charge in [-0.15, -0.1) is 0 Å². The summed E-state index contributed by atoms with van der Waals surface area (Å²) >= 11 is 0. The number of carbonyl (C=O) groups is 3. The second kappa shape index (κ2) is 12.7. The van der Waals surface area contributed by atoms with Crippen molar-refractivity contribution in [2.24, 2.45) is 5.92 Å². The second-order valence-electron chi connectivity index (χ2n) is 10.3. The molecule has 3 aromatic rings. The fraction of sp³-hybridized carbons (Fsp3) is 0.379. The van der Waals surface area contributed by atoms with Gasteiger partial charge in [0.15, 0.2) is 11.5 Å². The van der Waals surface area contributed by atoms with Crippen LogP contribution in [-0.2, 0) is 0 Å². The lowest BCUT2D eigenvalue weighted by atomic mass is 9.99. The van der Waals surface area contributed by atoms with E-state index in [1.54, 1.807) is 63.1 Å². The summed E-state index contributed by atoms with van der Waals surface area (Å²) in [6, 6.07) is 12.6. The molecule has 0 saturated carbocycles. The van der Waals surface area contributed by atoms with Crippen molar-refractivity contribution in [1.29, 1.82) is 0 Å². The molecule has 0 aliphatic carbocycles. The molecule has 2 aromatic carbocycles. The zero-order valence-electron chi connectivity index (χ0n) is 23.8. The minimum absolute atomic E-state index is 0.176. The highest BCUT2D eigenvalue weighted by Crippen LogP contribution is 2.35. The first-order valence-electron chi connectivity index (χ1n) is 13.4. The number of para-hydroxylation sites is 2. The van der Waals surface area contributed by atoms with Gasteiger partial charge >= 0.3 is 12.1 Å². The van der Waals surface area contributed by atoms with Crippen molar-refractivity contribution >= 4 is 35.0 Å². The maximum atomic E-state index is 13.7. The van der Waals surface area contributed by atoms with E-state index >= 15 is 0 Å². The van der Waals surface area contributed by atoms with Gasteiger partial charge in [-0.3, -0.25) is 4.79 Å². The van der Waals surface area contributed by atoms with E-state index in [0.717, 1.165) is 0 Å². The number of fused-ring (bicyclic) bond motifs is 1. The molecule has 41 heavy (non-hydrogen) atoms. The van der Waals surface area contributed by atoms with Crippen molar-refractivity contribution in [3.8, 4) is 5.75 Å². The van der Waals surface area contributed by atoms with Crippen LogP contribution in [0, 0.1) is 19.8 Å². The van der Waals surface area contributed by atoms with Crippen molar-refractivity contribution in [2.45, 2.75) is 39.8 Å². The molecule has 1 aliphatic rings. The molecule has 1 aliphatic heterocycles. The van der Waals surface area contributed by atoms with E-state index in [9.17, 15) is 19.5 Å². The number of benzene rings is 2. The molecule has 12 nitrogen and oxygen atoms in total. The number of amides is 5. The number of urea groups is 2. The molecule has 1 aromatic heterocycles. The normalized spacial score (nSPS) is 17.4. The number of aliphatic hydroxyl groups is 1. The Morgan fingerprint density at radius 2 is 1.85 bits per heavy atom. The Bertz CT molecular complexity index is 1370. The summed E-state index contributed by atoms with van der Waals surface area (Å²) in [6.45, 7) is 7.33. The number of aryl methyl sites for hydroxylation is 2. The number of hydrogen-bond donors (Lipinski definition) is 4. The van der Waals surface area contributed by atoms with Gasteiger partial charge in [0.2, 0.25) is 0 Å². The Hall–Kier alpha value is -4.58. The van der Waals surface area contributed by atoms with E-state index in [0.29, 0.717) is 29.4 Å². The van der Waals surface area contributed by atoms with Gasteiger partial charge in [0.05, 0.1) is 30.4 Å². The molecule has 218 valence electrons. The molecule has 3 atom stereocenters. The average molecular weight is 565 g/mol. The van der Waals surface area contributed by atoms with Gasteiger partial charge in [-0.2, -0.15) is 0 Å². The summed E-state index contributed by atoms with van der Waals surface area (Å²) in [4.78, 5) is 42.7. The topological polar surface area (TPSA) is 149 Å². The number of carbonyl (C=O) groups excluding carboxylic acids is 3. The number of aliphatic hydroxyl groups excluding tert-OH is 1. The summed E-state index contributed by atoms with van der Waals surface area (Å²) in [6.07, 6.45) is -0.560. The van der Waals surface area contributed by atoms with Crippen LogP contribution in [0.5, 0.6) is 5.75 Å². The van der Waals surface area contributed by atoms with Crippen molar-refractivity contribution < 1.29 is 28.8 Å². The summed E-state index contributed by atoms with van der Waals surface area (Å²) in [5, 5.41) is 22.1. The number of likely N-dealkylation sites (N-methyl/N-ethyl adjacent to an activating group) is 1. The Morgan fingerprint density at radius 3 is 2.51 bits per heavy atom. The number of nitrogens with one attached hydrogen (secondary N) is 3. The van der Waals surface area contributed by atoms with E-state index < -0.39 is 18.2 Å². The number of aromatic nitrogens is 1. The molecule has 4 rings (SSSR count). The van der Waals surface area contributed by atoms with Gasteiger partial charge in [0.25, 0.3) is 5.91 Å². The molecule has 12 heteroatoms. The zero-order chi connectivity index (χ0) is 29.7. The third-order valence-corrected chi connectivity index (χ3v) is 7.04. The molecule has 0 bridgehead atoms. The van der Waals surface area contributed by atoms with Gasteiger partial charge in [0.1, 0.15) is 17.5 Å². The minimum Gasteiger partial charge on any atom is -0.485 e. The highest BCUT2D eigenvalue weighted by molar-refractivity contribution is 6.04. The predicted molar refractivity (Wildman–Crippen MR) is 154 cm³/mol. The van der Waals surface area contributed by atoms with Crippen LogP contribution in [-0.4, -0.2) is 76.9 Å². The van der Waals surface area contributed by atoms with E-state index in [4.69, 9.17) is 9.26 Å². The maximum Gasteiger partial charge on any atom is 0.323 e. The Balaban J connectivity index is 1.63.